The van der Waals surface area contributed by atoms with Crippen LogP contribution in [0.15, 0.2) is 29.3 Å². The number of hydrogen-bond donors (Lipinski definition) is 3. The lowest BCUT2D eigenvalue weighted by molar-refractivity contribution is 0.202. The molecule has 1 rings (SSSR count). The van der Waals surface area contributed by atoms with E-state index in [1.54, 1.807) is 14.2 Å². The van der Waals surface area contributed by atoms with E-state index in [4.69, 9.17) is 15.3 Å². The molecule has 1 aromatic rings. The van der Waals surface area contributed by atoms with Gasteiger partial charge >= 0.3 is 0 Å². The Morgan fingerprint density at radius 2 is 1.95 bits per heavy atom. The third-order valence-electron chi connectivity index (χ3n) is 2.55. The molecule has 0 atom stereocenters. The number of rotatable bonds is 7. The molecule has 0 fully saturated rings. The van der Waals surface area contributed by atoms with Crippen molar-refractivity contribution in [2.75, 3.05) is 39.3 Å². The fraction of sp³-hybridized carbons (Fsp3) is 0.462. The topological polar surface area (TPSA) is 80.9 Å². The Balaban J connectivity index is 2.70. The molecule has 0 saturated carbocycles. The molecule has 0 heterocycles. The van der Waals surface area contributed by atoms with Gasteiger partial charge in [-0.3, -0.25) is 5.43 Å². The van der Waals surface area contributed by atoms with Crippen molar-refractivity contribution >= 4 is 11.6 Å². The van der Waals surface area contributed by atoms with Gasteiger partial charge in [0.15, 0.2) is 0 Å². The fourth-order valence-electron chi connectivity index (χ4n) is 1.57. The van der Waals surface area contributed by atoms with Crippen molar-refractivity contribution in [3.63, 3.8) is 0 Å². The van der Waals surface area contributed by atoms with Gasteiger partial charge in [0.2, 0.25) is 5.96 Å². The van der Waals surface area contributed by atoms with Crippen molar-refractivity contribution in [3.05, 3.63) is 29.8 Å². The molecule has 0 amide bonds. The van der Waals surface area contributed by atoms with Gasteiger partial charge in [0.1, 0.15) is 0 Å². The van der Waals surface area contributed by atoms with E-state index in [2.05, 4.69) is 15.7 Å². The number of hydrazine groups is 1. The van der Waals surface area contributed by atoms with E-state index in [-0.39, 0.29) is 0 Å². The highest BCUT2D eigenvalue weighted by molar-refractivity contribution is 5.93. The van der Waals surface area contributed by atoms with Crippen LogP contribution < -0.4 is 16.6 Å². The Kier molecular flexibility index (Phi) is 7.57. The van der Waals surface area contributed by atoms with Crippen molar-refractivity contribution < 1.29 is 9.47 Å². The van der Waals surface area contributed by atoms with Crippen molar-refractivity contribution in [1.29, 1.82) is 0 Å². The number of anilines is 1. The number of para-hydroxylation sites is 1. The maximum absolute atomic E-state index is 5.44. The molecule has 19 heavy (non-hydrogen) atoms. The summed E-state index contributed by atoms with van der Waals surface area (Å²) in [5.74, 6) is 5.96. The minimum Gasteiger partial charge on any atom is -0.384 e. The number of hydrogen-bond acceptors (Lipinski definition) is 4. The summed E-state index contributed by atoms with van der Waals surface area (Å²) in [4.78, 5) is 4.26. The van der Waals surface area contributed by atoms with Crippen LogP contribution in [0.4, 0.5) is 5.69 Å². The Bertz CT molecular complexity index is 396. The molecular formula is C13H22N4O2. The standard InChI is InChI=1S/C13H22N4O2/c1-18-9-7-11-5-3-4-6-12(11)16-13(17-14)15-8-10-19-2/h3-6H,7-10,14H2,1-2H3,(H2,15,16,17). The van der Waals surface area contributed by atoms with Gasteiger partial charge in [-0.15, -0.1) is 0 Å². The van der Waals surface area contributed by atoms with Gasteiger partial charge in [-0.2, -0.15) is 0 Å². The SMILES string of the molecule is COCCN=C(NN)Nc1ccccc1CCOC. The quantitative estimate of drug-likeness (QED) is 0.223. The van der Waals surface area contributed by atoms with Gasteiger partial charge in [0.25, 0.3) is 0 Å². The normalized spacial score (nSPS) is 11.4. The maximum Gasteiger partial charge on any atom is 0.210 e. The summed E-state index contributed by atoms with van der Waals surface area (Å²) in [5, 5.41) is 3.17. The number of nitrogens with two attached hydrogens (primary N) is 1. The molecule has 0 aliphatic carbocycles. The molecule has 0 aliphatic heterocycles. The zero-order chi connectivity index (χ0) is 13.9. The van der Waals surface area contributed by atoms with Crippen LogP contribution in [-0.4, -0.2) is 39.9 Å². The Labute approximate surface area is 114 Å². The predicted octanol–water partition coefficient (Wildman–Crippen LogP) is 0.753. The third kappa shape index (κ3) is 5.69. The summed E-state index contributed by atoms with van der Waals surface area (Å²) in [7, 11) is 3.33. The monoisotopic (exact) mass is 266 g/mol. The van der Waals surface area contributed by atoms with Gasteiger partial charge < -0.3 is 14.8 Å². The van der Waals surface area contributed by atoms with Crippen LogP contribution in [0.3, 0.4) is 0 Å². The third-order valence-corrected chi connectivity index (χ3v) is 2.55. The first-order valence-electron chi connectivity index (χ1n) is 6.15. The molecule has 4 N–H and O–H groups in total. The highest BCUT2D eigenvalue weighted by Crippen LogP contribution is 2.15. The van der Waals surface area contributed by atoms with Crippen molar-refractivity contribution in [2.45, 2.75) is 6.42 Å². The molecule has 0 unspecified atom stereocenters. The lowest BCUT2D eigenvalue weighted by atomic mass is 10.1. The first kappa shape index (κ1) is 15.4. The lowest BCUT2D eigenvalue weighted by Gasteiger charge is -2.13. The van der Waals surface area contributed by atoms with Crippen molar-refractivity contribution in [2.24, 2.45) is 10.8 Å². The van der Waals surface area contributed by atoms with Crippen LogP contribution in [0.2, 0.25) is 0 Å². The highest BCUT2D eigenvalue weighted by atomic mass is 16.5. The zero-order valence-electron chi connectivity index (χ0n) is 11.5. The van der Waals surface area contributed by atoms with Crippen LogP contribution in [0.5, 0.6) is 0 Å². The van der Waals surface area contributed by atoms with Gasteiger partial charge in [-0.05, 0) is 18.1 Å². The summed E-state index contributed by atoms with van der Waals surface area (Å²) in [6.07, 6.45) is 0.829. The summed E-state index contributed by atoms with van der Waals surface area (Å²) in [5.41, 5.74) is 4.66. The molecule has 6 heteroatoms. The highest BCUT2D eigenvalue weighted by Gasteiger charge is 2.03. The largest absolute Gasteiger partial charge is 0.384 e. The predicted molar refractivity (Wildman–Crippen MR) is 77.1 cm³/mol. The second kappa shape index (κ2) is 9.32. The first-order chi connectivity index (χ1) is 9.31. The minimum absolute atomic E-state index is 0.516. The Hall–Kier alpha value is -1.63. The molecule has 0 bridgehead atoms. The molecule has 0 aromatic heterocycles. The number of guanidine groups is 1. The van der Waals surface area contributed by atoms with Crippen molar-refractivity contribution in [3.8, 4) is 0 Å². The molecular weight excluding hydrogens is 244 g/mol. The van der Waals surface area contributed by atoms with Gasteiger partial charge in [-0.1, -0.05) is 18.2 Å². The number of benzene rings is 1. The van der Waals surface area contributed by atoms with Crippen LogP contribution in [0.1, 0.15) is 5.56 Å². The molecule has 1 aromatic carbocycles. The van der Waals surface area contributed by atoms with E-state index in [9.17, 15) is 0 Å². The second-order valence-corrected chi connectivity index (χ2v) is 3.89. The molecule has 6 nitrogen and oxygen atoms in total. The first-order valence-corrected chi connectivity index (χ1v) is 6.15. The van der Waals surface area contributed by atoms with E-state index in [0.717, 1.165) is 17.7 Å². The summed E-state index contributed by atoms with van der Waals surface area (Å²) in [6.45, 7) is 1.77. The van der Waals surface area contributed by atoms with Crippen molar-refractivity contribution in [1.82, 2.24) is 5.43 Å². The smallest absolute Gasteiger partial charge is 0.210 e. The van der Waals surface area contributed by atoms with Crippen LogP contribution in [-0.2, 0) is 15.9 Å². The van der Waals surface area contributed by atoms with Gasteiger partial charge in [0, 0.05) is 19.9 Å². The van der Waals surface area contributed by atoms with Crippen LogP contribution in [0.25, 0.3) is 0 Å². The average molecular weight is 266 g/mol. The van der Waals surface area contributed by atoms with Gasteiger partial charge in [-0.25, -0.2) is 10.8 Å². The maximum atomic E-state index is 5.44. The summed E-state index contributed by atoms with van der Waals surface area (Å²) in [6, 6.07) is 7.98. The molecule has 0 saturated heterocycles. The number of nitrogens with one attached hydrogen (secondary N) is 2. The lowest BCUT2D eigenvalue weighted by Crippen LogP contribution is -2.36. The zero-order valence-corrected chi connectivity index (χ0v) is 11.5. The van der Waals surface area contributed by atoms with Gasteiger partial charge in [0.05, 0.1) is 19.8 Å². The molecule has 0 spiro atoms. The Morgan fingerprint density at radius 1 is 1.21 bits per heavy atom. The number of ether oxygens (including phenoxy) is 2. The van der Waals surface area contributed by atoms with Crippen LogP contribution in [0, 0.1) is 0 Å². The minimum atomic E-state index is 0.516. The molecule has 0 aliphatic rings. The molecule has 0 radical (unpaired) electrons. The Morgan fingerprint density at radius 3 is 2.63 bits per heavy atom. The second-order valence-electron chi connectivity index (χ2n) is 3.89. The van der Waals surface area contributed by atoms with E-state index >= 15 is 0 Å². The number of methoxy groups -OCH3 is 2. The number of nitrogens with zero attached hydrogens (tertiary/aromatic N) is 1. The fourth-order valence-corrected chi connectivity index (χ4v) is 1.57. The summed E-state index contributed by atoms with van der Waals surface area (Å²) < 4.78 is 10.0. The van der Waals surface area contributed by atoms with E-state index in [0.29, 0.717) is 25.7 Å². The van der Waals surface area contributed by atoms with E-state index in [1.807, 2.05) is 24.3 Å². The number of aliphatic imine (C=N–C) groups is 1. The van der Waals surface area contributed by atoms with Crippen LogP contribution >= 0.6 is 0 Å². The average Bonchev–Trinajstić information content (AvgIpc) is 2.45. The van der Waals surface area contributed by atoms with E-state index in [1.165, 1.54) is 0 Å². The molecule has 106 valence electrons. The summed E-state index contributed by atoms with van der Waals surface area (Å²) >= 11 is 0. The van der Waals surface area contributed by atoms with E-state index < -0.39 is 0 Å².